The number of nitrogens with zero attached hydrogens (tertiary/aromatic N) is 4. The molecular formula is C14H11Br2N5O. The molecule has 3 rings (SSSR count). The molecule has 0 aliphatic carbocycles. The van der Waals surface area contributed by atoms with Gasteiger partial charge in [0, 0.05) is 10.9 Å². The van der Waals surface area contributed by atoms with Crippen molar-refractivity contribution in [2.45, 2.75) is 12.3 Å². The molecule has 2 aromatic heterocycles. The smallest absolute Gasteiger partial charge is 0.270 e. The Hall–Kier alpha value is -1.80. The fourth-order valence-corrected chi connectivity index (χ4v) is 2.64. The maximum atomic E-state index is 5.81. The number of nitrogens with two attached hydrogens (primary N) is 1. The summed E-state index contributed by atoms with van der Waals surface area (Å²) in [6.45, 7) is 2.00. The maximum absolute atomic E-state index is 5.81. The van der Waals surface area contributed by atoms with Gasteiger partial charge in [0.1, 0.15) is 4.60 Å². The van der Waals surface area contributed by atoms with E-state index in [1.165, 1.54) is 11.8 Å². The predicted octanol–water partition coefficient (Wildman–Crippen LogP) is 3.74. The zero-order chi connectivity index (χ0) is 15.7. The van der Waals surface area contributed by atoms with Crippen molar-refractivity contribution in [2.75, 3.05) is 5.73 Å². The Morgan fingerprint density at radius 1 is 1.23 bits per heavy atom. The number of rotatable bonds is 3. The van der Waals surface area contributed by atoms with Crippen LogP contribution in [-0.4, -0.2) is 20.2 Å². The third kappa shape index (κ3) is 2.89. The lowest BCUT2D eigenvalue weighted by Gasteiger charge is -2.03. The van der Waals surface area contributed by atoms with Crippen molar-refractivity contribution in [1.29, 1.82) is 0 Å². The van der Waals surface area contributed by atoms with E-state index in [4.69, 9.17) is 10.2 Å². The summed E-state index contributed by atoms with van der Waals surface area (Å²) in [4.78, 5) is 8.24. The normalized spacial score (nSPS) is 10.9. The number of halogens is 2. The van der Waals surface area contributed by atoms with E-state index < -0.39 is 0 Å². The zero-order valence-corrected chi connectivity index (χ0v) is 14.7. The summed E-state index contributed by atoms with van der Waals surface area (Å²) < 4.78 is 6.26. The summed E-state index contributed by atoms with van der Waals surface area (Å²) in [6, 6.07) is 6.04. The molecule has 112 valence electrons. The summed E-state index contributed by atoms with van der Waals surface area (Å²) in [5.74, 6) is 0.907. The molecule has 2 heterocycles. The van der Waals surface area contributed by atoms with Crippen molar-refractivity contribution in [1.82, 2.24) is 20.2 Å². The molecule has 22 heavy (non-hydrogen) atoms. The van der Waals surface area contributed by atoms with Gasteiger partial charge in [-0.05, 0) is 40.0 Å². The van der Waals surface area contributed by atoms with E-state index in [0.717, 1.165) is 16.5 Å². The highest BCUT2D eigenvalue weighted by molar-refractivity contribution is 9.10. The molecule has 0 unspecified atom stereocenters. The Labute approximate surface area is 143 Å². The molecule has 0 aliphatic heterocycles. The molecule has 0 saturated carbocycles. The fourth-order valence-electron chi connectivity index (χ4n) is 2.01. The molecule has 0 amide bonds. The highest BCUT2D eigenvalue weighted by atomic mass is 79.9. The molecule has 0 aliphatic rings. The highest BCUT2D eigenvalue weighted by Crippen LogP contribution is 2.28. The lowest BCUT2D eigenvalue weighted by molar-refractivity contribution is 0.581. The molecule has 0 atom stereocenters. The second kappa shape index (κ2) is 6.13. The minimum absolute atomic E-state index is 0.241. The van der Waals surface area contributed by atoms with Gasteiger partial charge in [0.05, 0.1) is 6.20 Å². The minimum Gasteiger partial charge on any atom is -0.414 e. The Kier molecular flexibility index (Phi) is 4.21. The van der Waals surface area contributed by atoms with Crippen LogP contribution in [0.15, 0.2) is 33.4 Å². The summed E-state index contributed by atoms with van der Waals surface area (Å²) in [5.41, 5.74) is 9.29. The topological polar surface area (TPSA) is 90.7 Å². The first-order valence-electron chi connectivity index (χ1n) is 6.36. The number of hydrogen-bond donors (Lipinski definition) is 1. The van der Waals surface area contributed by atoms with Crippen molar-refractivity contribution in [3.63, 3.8) is 0 Å². The van der Waals surface area contributed by atoms with Crippen molar-refractivity contribution >= 4 is 37.7 Å². The predicted molar refractivity (Wildman–Crippen MR) is 90.2 cm³/mol. The molecule has 0 spiro atoms. The lowest BCUT2D eigenvalue weighted by atomic mass is 10.1. The molecular weight excluding hydrogens is 414 g/mol. The highest BCUT2D eigenvalue weighted by Gasteiger charge is 2.16. The molecule has 3 aromatic rings. The van der Waals surface area contributed by atoms with E-state index >= 15 is 0 Å². The largest absolute Gasteiger partial charge is 0.414 e. The fraction of sp³-hybridized carbons (Fsp3) is 0.143. The van der Waals surface area contributed by atoms with Gasteiger partial charge in [-0.25, -0.2) is 9.97 Å². The van der Waals surface area contributed by atoms with E-state index in [-0.39, 0.29) is 11.7 Å². The van der Waals surface area contributed by atoms with Crippen LogP contribution in [0.5, 0.6) is 0 Å². The monoisotopic (exact) mass is 423 g/mol. The average Bonchev–Trinajstić information content (AvgIpc) is 2.99. The van der Waals surface area contributed by atoms with Gasteiger partial charge in [0.2, 0.25) is 5.89 Å². The van der Waals surface area contributed by atoms with Crippen LogP contribution in [0.4, 0.5) is 5.82 Å². The van der Waals surface area contributed by atoms with Gasteiger partial charge < -0.3 is 10.2 Å². The van der Waals surface area contributed by atoms with Crippen LogP contribution in [0.1, 0.15) is 11.1 Å². The summed E-state index contributed by atoms with van der Waals surface area (Å²) >= 11 is 6.69. The average molecular weight is 425 g/mol. The molecule has 1 aromatic carbocycles. The first-order valence-corrected chi connectivity index (χ1v) is 8.27. The van der Waals surface area contributed by atoms with Crippen LogP contribution in [0, 0.1) is 6.92 Å². The van der Waals surface area contributed by atoms with E-state index in [9.17, 15) is 0 Å². The second-order valence-electron chi connectivity index (χ2n) is 4.62. The number of anilines is 1. The van der Waals surface area contributed by atoms with Crippen molar-refractivity contribution < 1.29 is 4.42 Å². The van der Waals surface area contributed by atoms with Crippen molar-refractivity contribution in [3.05, 3.63) is 40.1 Å². The molecule has 0 bridgehead atoms. The van der Waals surface area contributed by atoms with Gasteiger partial charge in [-0.3, -0.25) is 0 Å². The SMILES string of the molecule is Cc1cc(CBr)ccc1-c1nnc(-c2nc(Br)cnc2N)o1. The number of alkyl halides is 1. The van der Waals surface area contributed by atoms with Crippen molar-refractivity contribution in [2.24, 2.45) is 0 Å². The quantitative estimate of drug-likeness (QED) is 0.644. The summed E-state index contributed by atoms with van der Waals surface area (Å²) in [5, 5.41) is 8.90. The van der Waals surface area contributed by atoms with Gasteiger partial charge in [-0.15, -0.1) is 10.2 Å². The first kappa shape index (κ1) is 15.1. The Balaban J connectivity index is 2.02. The second-order valence-corrected chi connectivity index (χ2v) is 6.00. The number of hydrogen-bond acceptors (Lipinski definition) is 6. The lowest BCUT2D eigenvalue weighted by Crippen LogP contribution is -1.97. The first-order chi connectivity index (χ1) is 10.6. The van der Waals surface area contributed by atoms with Gasteiger partial charge in [-0.1, -0.05) is 28.1 Å². The van der Waals surface area contributed by atoms with Gasteiger partial charge in [0.25, 0.3) is 5.89 Å². The van der Waals surface area contributed by atoms with Crippen LogP contribution in [-0.2, 0) is 5.33 Å². The van der Waals surface area contributed by atoms with E-state index in [1.807, 2.05) is 19.1 Å². The molecule has 2 N–H and O–H groups in total. The Morgan fingerprint density at radius 3 is 2.73 bits per heavy atom. The summed E-state index contributed by atoms with van der Waals surface area (Å²) in [6.07, 6.45) is 1.51. The van der Waals surface area contributed by atoms with Gasteiger partial charge >= 0.3 is 0 Å². The van der Waals surface area contributed by atoms with Crippen LogP contribution in [0.25, 0.3) is 23.0 Å². The van der Waals surface area contributed by atoms with Crippen LogP contribution in [0.3, 0.4) is 0 Å². The van der Waals surface area contributed by atoms with Gasteiger partial charge in [-0.2, -0.15) is 0 Å². The third-order valence-corrected chi connectivity index (χ3v) is 4.10. The molecule has 0 radical (unpaired) electrons. The van der Waals surface area contributed by atoms with Crippen LogP contribution >= 0.6 is 31.9 Å². The molecule has 6 nitrogen and oxygen atoms in total. The van der Waals surface area contributed by atoms with E-state index in [1.54, 1.807) is 0 Å². The Bertz CT molecular complexity index is 834. The number of nitrogen functional groups attached to an aromatic ring is 1. The van der Waals surface area contributed by atoms with Crippen LogP contribution < -0.4 is 5.73 Å². The van der Waals surface area contributed by atoms with Crippen molar-refractivity contribution in [3.8, 4) is 23.0 Å². The minimum atomic E-state index is 0.241. The third-order valence-electron chi connectivity index (χ3n) is 3.07. The van der Waals surface area contributed by atoms with Gasteiger partial charge in [0.15, 0.2) is 11.5 Å². The van der Waals surface area contributed by atoms with Crippen LogP contribution in [0.2, 0.25) is 0 Å². The molecule has 8 heteroatoms. The number of benzene rings is 1. The standard InChI is InChI=1S/C14H11Br2N5O/c1-7-4-8(5-15)2-3-9(7)13-20-21-14(22-13)11-12(17)18-6-10(16)19-11/h2-4,6H,5H2,1H3,(H2,17,18). The Morgan fingerprint density at radius 2 is 2.00 bits per heavy atom. The molecule has 0 fully saturated rings. The number of aromatic nitrogens is 4. The van der Waals surface area contributed by atoms with E-state index in [0.29, 0.717) is 16.2 Å². The van der Waals surface area contributed by atoms with E-state index in [2.05, 4.69) is 58.1 Å². The maximum Gasteiger partial charge on any atom is 0.270 e. The summed E-state index contributed by atoms with van der Waals surface area (Å²) in [7, 11) is 0. The number of aryl methyl sites for hydroxylation is 1. The zero-order valence-electron chi connectivity index (χ0n) is 11.5. The molecule has 0 saturated heterocycles.